The lowest BCUT2D eigenvalue weighted by molar-refractivity contribution is 0.0693. The van der Waals surface area contributed by atoms with Crippen LogP contribution in [0.3, 0.4) is 0 Å². The zero-order valence-corrected chi connectivity index (χ0v) is 11.4. The fourth-order valence-corrected chi connectivity index (χ4v) is 2.19. The van der Waals surface area contributed by atoms with Gasteiger partial charge in [-0.15, -0.1) is 0 Å². The largest absolute Gasteiger partial charge is 0.483 e. The molecule has 0 aliphatic carbocycles. The van der Waals surface area contributed by atoms with Crippen LogP contribution in [0, 0.1) is 5.82 Å². The molecule has 0 atom stereocenters. The topological polar surface area (TPSA) is 89.9 Å². The van der Waals surface area contributed by atoms with Gasteiger partial charge in [-0.05, 0) is 24.3 Å². The van der Waals surface area contributed by atoms with E-state index in [1.165, 1.54) is 16.5 Å². The first-order chi connectivity index (χ1) is 10.6. The molecular weight excluding hydrogens is 289 g/mol. The Morgan fingerprint density at radius 2 is 2.05 bits per heavy atom. The van der Waals surface area contributed by atoms with Crippen LogP contribution in [-0.2, 0) is 6.61 Å². The molecule has 0 spiro atoms. The Bertz CT molecular complexity index is 860. The molecule has 2 aromatic heterocycles. The second kappa shape index (κ2) is 5.36. The number of para-hydroxylation sites is 1. The summed E-state index contributed by atoms with van der Waals surface area (Å²) in [6, 6.07) is 10.8. The fourth-order valence-electron chi connectivity index (χ4n) is 2.19. The van der Waals surface area contributed by atoms with Gasteiger partial charge in [-0.25, -0.2) is 14.2 Å². The van der Waals surface area contributed by atoms with Gasteiger partial charge in [0.15, 0.2) is 23.1 Å². The summed E-state index contributed by atoms with van der Waals surface area (Å²) in [6.45, 7) is -0.108. The van der Waals surface area contributed by atoms with Crippen LogP contribution in [-0.4, -0.2) is 20.5 Å². The summed E-state index contributed by atoms with van der Waals surface area (Å²) in [4.78, 5) is 15.3. The number of halogens is 1. The van der Waals surface area contributed by atoms with E-state index in [2.05, 4.69) is 4.98 Å². The smallest absolute Gasteiger partial charge is 0.356 e. The minimum atomic E-state index is -1.17. The maximum atomic E-state index is 13.5. The highest BCUT2D eigenvalue weighted by atomic mass is 19.1. The molecule has 3 N–H and O–H groups in total. The van der Waals surface area contributed by atoms with E-state index in [-0.39, 0.29) is 23.9 Å². The van der Waals surface area contributed by atoms with Crippen LogP contribution >= 0.6 is 0 Å². The van der Waals surface area contributed by atoms with Gasteiger partial charge in [-0.1, -0.05) is 18.2 Å². The monoisotopic (exact) mass is 301 g/mol. The lowest BCUT2D eigenvalue weighted by Gasteiger charge is -2.07. The Balaban J connectivity index is 2.00. The molecule has 7 heteroatoms. The van der Waals surface area contributed by atoms with Crippen molar-refractivity contribution in [1.82, 2.24) is 9.38 Å². The Hall–Kier alpha value is -3.09. The van der Waals surface area contributed by atoms with Crippen molar-refractivity contribution in [3.63, 3.8) is 0 Å². The molecule has 0 saturated heterocycles. The van der Waals surface area contributed by atoms with Gasteiger partial charge in [-0.3, -0.25) is 4.40 Å². The van der Waals surface area contributed by atoms with E-state index in [4.69, 9.17) is 10.5 Å². The summed E-state index contributed by atoms with van der Waals surface area (Å²) in [5.74, 6) is -1.00. The van der Waals surface area contributed by atoms with Crippen LogP contribution in [0.1, 0.15) is 16.3 Å². The summed E-state index contributed by atoms with van der Waals surface area (Å²) >= 11 is 0. The molecule has 0 aliphatic heterocycles. The van der Waals surface area contributed by atoms with Crippen LogP contribution in [0.15, 0.2) is 42.5 Å². The Morgan fingerprint density at radius 1 is 1.27 bits per heavy atom. The predicted molar refractivity (Wildman–Crippen MR) is 77.3 cm³/mol. The first-order valence-electron chi connectivity index (χ1n) is 6.44. The molecule has 22 heavy (non-hydrogen) atoms. The lowest BCUT2D eigenvalue weighted by Crippen LogP contribution is -2.05. The first-order valence-corrected chi connectivity index (χ1v) is 6.44. The number of ether oxygens (including phenoxy) is 1. The number of carbonyl (C=O) groups is 1. The molecule has 6 nitrogen and oxygen atoms in total. The molecule has 1 aromatic carbocycles. The molecule has 0 radical (unpaired) electrons. The van der Waals surface area contributed by atoms with Crippen molar-refractivity contribution < 1.29 is 19.0 Å². The molecule has 0 saturated carbocycles. The molecule has 0 aliphatic rings. The summed E-state index contributed by atoms with van der Waals surface area (Å²) in [7, 11) is 0. The number of pyridine rings is 1. The van der Waals surface area contributed by atoms with Gasteiger partial charge in [0, 0.05) is 0 Å². The van der Waals surface area contributed by atoms with E-state index in [9.17, 15) is 14.3 Å². The second-order valence-electron chi connectivity index (χ2n) is 4.57. The Kier molecular flexibility index (Phi) is 3.38. The van der Waals surface area contributed by atoms with Gasteiger partial charge < -0.3 is 15.6 Å². The van der Waals surface area contributed by atoms with Gasteiger partial charge in [0.1, 0.15) is 12.4 Å². The minimum Gasteiger partial charge on any atom is -0.483 e. The molecular formula is C15H12FN3O3. The van der Waals surface area contributed by atoms with E-state index in [0.717, 1.165) is 0 Å². The summed E-state index contributed by atoms with van der Waals surface area (Å²) in [6.07, 6.45) is 0. The molecule has 0 unspecified atom stereocenters. The van der Waals surface area contributed by atoms with Gasteiger partial charge in [0.25, 0.3) is 0 Å². The number of rotatable bonds is 4. The minimum absolute atomic E-state index is 0.0608. The molecule has 0 amide bonds. The van der Waals surface area contributed by atoms with Crippen molar-refractivity contribution in [2.75, 3.05) is 5.73 Å². The lowest BCUT2D eigenvalue weighted by atomic mass is 10.3. The number of anilines is 1. The zero-order valence-electron chi connectivity index (χ0n) is 11.4. The van der Waals surface area contributed by atoms with Crippen molar-refractivity contribution in [2.45, 2.75) is 6.61 Å². The highest BCUT2D eigenvalue weighted by molar-refractivity contribution is 5.94. The number of nitrogen functional groups attached to an aromatic ring is 1. The highest BCUT2D eigenvalue weighted by Crippen LogP contribution is 2.21. The van der Waals surface area contributed by atoms with E-state index in [1.807, 2.05) is 0 Å². The van der Waals surface area contributed by atoms with Gasteiger partial charge >= 0.3 is 5.97 Å². The van der Waals surface area contributed by atoms with Crippen LogP contribution in [0.25, 0.3) is 5.52 Å². The third kappa shape index (κ3) is 2.32. The van der Waals surface area contributed by atoms with E-state index in [1.54, 1.807) is 30.3 Å². The van der Waals surface area contributed by atoms with Gasteiger partial charge in [-0.2, -0.15) is 0 Å². The Labute approximate surface area is 124 Å². The van der Waals surface area contributed by atoms with Crippen LogP contribution in [0.5, 0.6) is 5.75 Å². The maximum Gasteiger partial charge on any atom is 0.356 e. The van der Waals surface area contributed by atoms with Crippen molar-refractivity contribution >= 4 is 17.3 Å². The molecule has 2 heterocycles. The standard InChI is InChI=1S/C15H12FN3O3/c16-9-4-1-2-6-11(9)22-8-13-18-14(15(20)21)10-5-3-7-12(17)19(10)13/h1-7H,8,17H2,(H,20,21). The van der Waals surface area contributed by atoms with Crippen molar-refractivity contribution in [3.8, 4) is 5.75 Å². The number of nitrogens with zero attached hydrogens (tertiary/aromatic N) is 2. The summed E-state index contributed by atoms with van der Waals surface area (Å²) < 4.78 is 20.4. The molecule has 3 aromatic rings. The summed E-state index contributed by atoms with van der Waals surface area (Å²) in [5.41, 5.74) is 6.11. The molecule has 0 bridgehead atoms. The van der Waals surface area contributed by atoms with E-state index >= 15 is 0 Å². The van der Waals surface area contributed by atoms with Crippen LogP contribution in [0.4, 0.5) is 10.2 Å². The third-order valence-corrected chi connectivity index (χ3v) is 3.16. The zero-order chi connectivity index (χ0) is 15.7. The number of fused-ring (bicyclic) bond motifs is 1. The quantitative estimate of drug-likeness (QED) is 0.772. The van der Waals surface area contributed by atoms with Crippen LogP contribution < -0.4 is 10.5 Å². The average Bonchev–Trinajstić information content (AvgIpc) is 2.87. The van der Waals surface area contributed by atoms with E-state index < -0.39 is 11.8 Å². The van der Waals surface area contributed by atoms with Gasteiger partial charge in [0.05, 0.1) is 5.52 Å². The molecule has 0 fully saturated rings. The Morgan fingerprint density at radius 3 is 2.77 bits per heavy atom. The first kappa shape index (κ1) is 13.9. The van der Waals surface area contributed by atoms with Crippen molar-refractivity contribution in [2.24, 2.45) is 0 Å². The number of imidazole rings is 1. The SMILES string of the molecule is Nc1cccc2c(C(=O)O)nc(COc3ccccc3F)n12. The highest BCUT2D eigenvalue weighted by Gasteiger charge is 2.18. The van der Waals surface area contributed by atoms with Crippen molar-refractivity contribution in [3.05, 3.63) is 59.8 Å². The summed E-state index contributed by atoms with van der Waals surface area (Å²) in [5, 5.41) is 9.20. The van der Waals surface area contributed by atoms with Gasteiger partial charge in [0.2, 0.25) is 0 Å². The number of hydrogen-bond donors (Lipinski definition) is 2. The number of carboxylic acid groups (broad SMARTS) is 1. The normalized spacial score (nSPS) is 10.8. The van der Waals surface area contributed by atoms with E-state index in [0.29, 0.717) is 11.3 Å². The predicted octanol–water partition coefficient (Wildman–Crippen LogP) is 2.33. The second-order valence-corrected chi connectivity index (χ2v) is 4.57. The molecule has 112 valence electrons. The third-order valence-electron chi connectivity index (χ3n) is 3.16. The number of benzene rings is 1. The van der Waals surface area contributed by atoms with Crippen LogP contribution in [0.2, 0.25) is 0 Å². The number of hydrogen-bond acceptors (Lipinski definition) is 4. The average molecular weight is 301 g/mol. The number of aromatic nitrogens is 2. The molecule has 3 rings (SSSR count). The maximum absolute atomic E-state index is 13.5. The number of aromatic carboxylic acids is 1. The fraction of sp³-hybridized carbons (Fsp3) is 0.0667. The number of carboxylic acids is 1. The number of nitrogens with two attached hydrogens (primary N) is 1. The van der Waals surface area contributed by atoms with Crippen molar-refractivity contribution in [1.29, 1.82) is 0 Å².